The van der Waals surface area contributed by atoms with Crippen LogP contribution in [0, 0.1) is 5.92 Å². The summed E-state index contributed by atoms with van der Waals surface area (Å²) < 4.78 is 0. The zero-order valence-corrected chi connectivity index (χ0v) is 12.2. The van der Waals surface area contributed by atoms with Crippen LogP contribution in [-0.2, 0) is 0 Å². The lowest BCUT2D eigenvalue weighted by Gasteiger charge is -2.39. The van der Waals surface area contributed by atoms with E-state index in [0.717, 1.165) is 30.1 Å². The molecule has 2 unspecified atom stereocenters. The van der Waals surface area contributed by atoms with Crippen LogP contribution in [0.4, 0.5) is 5.95 Å². The number of imidazole rings is 1. The first-order chi connectivity index (χ1) is 9.83. The Hall–Kier alpha value is -1.55. The number of nitrogens with one attached hydrogen (secondary N) is 1. The van der Waals surface area contributed by atoms with Crippen LogP contribution in [0.1, 0.15) is 32.6 Å². The van der Waals surface area contributed by atoms with Crippen molar-refractivity contribution in [1.82, 2.24) is 9.97 Å². The number of nitrogens with zero attached hydrogens (tertiary/aromatic N) is 2. The minimum Gasteiger partial charge on any atom is -0.339 e. The van der Waals surface area contributed by atoms with Crippen molar-refractivity contribution in [2.45, 2.75) is 38.6 Å². The standard InChI is InChI=1S/C16H24N4/c1-2-20(15-10-6-3-7-12(15)11-17)16-18-13-8-4-5-9-14(13)19-16/h4-5,8-9,12,15H,2-3,6-7,10-11,17H2,1H3,(H,18,19). The maximum absolute atomic E-state index is 5.98. The zero-order chi connectivity index (χ0) is 13.9. The Bertz CT molecular complexity index is 529. The summed E-state index contributed by atoms with van der Waals surface area (Å²) in [7, 11) is 0. The first-order valence-electron chi connectivity index (χ1n) is 7.75. The Kier molecular flexibility index (Phi) is 3.92. The summed E-state index contributed by atoms with van der Waals surface area (Å²) in [5.74, 6) is 1.59. The molecular formula is C16H24N4. The van der Waals surface area contributed by atoms with Gasteiger partial charge in [-0.25, -0.2) is 4.98 Å². The van der Waals surface area contributed by atoms with Crippen LogP contribution in [0.2, 0.25) is 0 Å². The summed E-state index contributed by atoms with van der Waals surface area (Å²) in [4.78, 5) is 10.6. The van der Waals surface area contributed by atoms with E-state index >= 15 is 0 Å². The minimum absolute atomic E-state index is 0.527. The first-order valence-corrected chi connectivity index (χ1v) is 7.75. The van der Waals surface area contributed by atoms with Crippen molar-refractivity contribution in [2.75, 3.05) is 18.0 Å². The quantitative estimate of drug-likeness (QED) is 0.899. The zero-order valence-electron chi connectivity index (χ0n) is 12.2. The monoisotopic (exact) mass is 272 g/mol. The second-order valence-corrected chi connectivity index (χ2v) is 5.71. The SMILES string of the molecule is CCN(c1nc2ccccc2[nH]1)C1CCCCC1CN. The highest BCUT2D eigenvalue weighted by atomic mass is 15.3. The van der Waals surface area contributed by atoms with Crippen molar-refractivity contribution in [3.63, 3.8) is 0 Å². The number of rotatable bonds is 4. The van der Waals surface area contributed by atoms with E-state index in [1.165, 1.54) is 25.7 Å². The molecule has 3 rings (SSSR count). The predicted octanol–water partition coefficient (Wildman–Crippen LogP) is 2.91. The summed E-state index contributed by atoms with van der Waals surface area (Å²) in [6.07, 6.45) is 5.10. The smallest absolute Gasteiger partial charge is 0.204 e. The molecule has 20 heavy (non-hydrogen) atoms. The number of hydrogen-bond donors (Lipinski definition) is 2. The van der Waals surface area contributed by atoms with Crippen LogP contribution in [0.5, 0.6) is 0 Å². The summed E-state index contributed by atoms with van der Waals surface area (Å²) in [6, 6.07) is 8.75. The highest BCUT2D eigenvalue weighted by molar-refractivity contribution is 5.77. The fraction of sp³-hybridized carbons (Fsp3) is 0.562. The second kappa shape index (κ2) is 5.83. The average molecular weight is 272 g/mol. The summed E-state index contributed by atoms with van der Waals surface area (Å²) in [5, 5.41) is 0. The van der Waals surface area contributed by atoms with Crippen molar-refractivity contribution in [1.29, 1.82) is 0 Å². The van der Waals surface area contributed by atoms with E-state index in [1.807, 2.05) is 12.1 Å². The third-order valence-electron chi connectivity index (χ3n) is 4.56. The van der Waals surface area contributed by atoms with Crippen molar-refractivity contribution in [3.05, 3.63) is 24.3 Å². The van der Waals surface area contributed by atoms with E-state index < -0.39 is 0 Å². The van der Waals surface area contributed by atoms with Gasteiger partial charge in [-0.3, -0.25) is 0 Å². The Morgan fingerprint density at radius 2 is 2.10 bits per heavy atom. The minimum atomic E-state index is 0.527. The lowest BCUT2D eigenvalue weighted by molar-refractivity contribution is 0.299. The van der Waals surface area contributed by atoms with Gasteiger partial charge in [0.2, 0.25) is 5.95 Å². The van der Waals surface area contributed by atoms with Crippen LogP contribution in [0.25, 0.3) is 11.0 Å². The maximum atomic E-state index is 5.98. The van der Waals surface area contributed by atoms with Gasteiger partial charge in [0.25, 0.3) is 0 Å². The molecule has 4 heteroatoms. The molecule has 1 aliphatic carbocycles. The van der Waals surface area contributed by atoms with Crippen LogP contribution in [0.3, 0.4) is 0 Å². The van der Waals surface area contributed by atoms with Gasteiger partial charge in [-0.2, -0.15) is 0 Å². The molecule has 0 radical (unpaired) electrons. The number of hydrogen-bond acceptors (Lipinski definition) is 3. The molecule has 0 aliphatic heterocycles. The number of para-hydroxylation sites is 2. The predicted molar refractivity (Wildman–Crippen MR) is 83.9 cm³/mol. The molecule has 1 heterocycles. The Balaban J connectivity index is 1.91. The molecule has 0 saturated heterocycles. The molecule has 2 atom stereocenters. The topological polar surface area (TPSA) is 57.9 Å². The normalized spacial score (nSPS) is 23.1. The number of nitrogens with two attached hydrogens (primary N) is 1. The van der Waals surface area contributed by atoms with Crippen LogP contribution < -0.4 is 10.6 Å². The summed E-state index contributed by atoms with van der Waals surface area (Å²) >= 11 is 0. The lowest BCUT2D eigenvalue weighted by Crippen LogP contribution is -2.45. The number of fused-ring (bicyclic) bond motifs is 1. The molecule has 0 bridgehead atoms. The van der Waals surface area contributed by atoms with Gasteiger partial charge in [0.1, 0.15) is 0 Å². The van der Waals surface area contributed by atoms with Gasteiger partial charge in [-0.05, 0) is 44.4 Å². The van der Waals surface area contributed by atoms with Gasteiger partial charge in [0, 0.05) is 12.6 Å². The molecule has 1 aromatic carbocycles. The van der Waals surface area contributed by atoms with Crippen LogP contribution >= 0.6 is 0 Å². The number of H-pyrrole nitrogens is 1. The first kappa shape index (κ1) is 13.4. The molecule has 4 nitrogen and oxygen atoms in total. The van der Waals surface area contributed by atoms with E-state index in [4.69, 9.17) is 10.7 Å². The number of aromatic nitrogens is 2. The molecule has 1 aliphatic rings. The molecular weight excluding hydrogens is 248 g/mol. The average Bonchev–Trinajstić information content (AvgIpc) is 2.92. The third-order valence-corrected chi connectivity index (χ3v) is 4.56. The fourth-order valence-corrected chi connectivity index (χ4v) is 3.49. The van der Waals surface area contributed by atoms with E-state index in [0.29, 0.717) is 12.0 Å². The Morgan fingerprint density at radius 3 is 2.85 bits per heavy atom. The molecule has 1 saturated carbocycles. The van der Waals surface area contributed by atoms with Gasteiger partial charge in [0.05, 0.1) is 11.0 Å². The Morgan fingerprint density at radius 1 is 1.30 bits per heavy atom. The summed E-state index contributed by atoms with van der Waals surface area (Å²) in [6.45, 7) is 3.96. The highest BCUT2D eigenvalue weighted by Gasteiger charge is 2.30. The van der Waals surface area contributed by atoms with Crippen molar-refractivity contribution >= 4 is 17.0 Å². The number of benzene rings is 1. The van der Waals surface area contributed by atoms with Gasteiger partial charge < -0.3 is 15.6 Å². The van der Waals surface area contributed by atoms with E-state index in [-0.39, 0.29) is 0 Å². The highest BCUT2D eigenvalue weighted by Crippen LogP contribution is 2.30. The second-order valence-electron chi connectivity index (χ2n) is 5.71. The molecule has 0 spiro atoms. The fourth-order valence-electron chi connectivity index (χ4n) is 3.49. The third kappa shape index (κ3) is 2.40. The maximum Gasteiger partial charge on any atom is 0.204 e. The number of anilines is 1. The molecule has 0 amide bonds. The van der Waals surface area contributed by atoms with Crippen molar-refractivity contribution in [2.24, 2.45) is 11.7 Å². The van der Waals surface area contributed by atoms with E-state index in [1.54, 1.807) is 0 Å². The Labute approximate surface area is 120 Å². The van der Waals surface area contributed by atoms with Gasteiger partial charge in [-0.1, -0.05) is 25.0 Å². The van der Waals surface area contributed by atoms with Crippen molar-refractivity contribution < 1.29 is 0 Å². The van der Waals surface area contributed by atoms with Crippen LogP contribution in [-0.4, -0.2) is 29.1 Å². The largest absolute Gasteiger partial charge is 0.339 e. The molecule has 2 aromatic rings. The van der Waals surface area contributed by atoms with Gasteiger partial charge in [0.15, 0.2) is 0 Å². The van der Waals surface area contributed by atoms with Crippen LogP contribution in [0.15, 0.2) is 24.3 Å². The number of aromatic amines is 1. The van der Waals surface area contributed by atoms with Gasteiger partial charge in [-0.15, -0.1) is 0 Å². The molecule has 108 valence electrons. The molecule has 3 N–H and O–H groups in total. The van der Waals surface area contributed by atoms with E-state index in [9.17, 15) is 0 Å². The van der Waals surface area contributed by atoms with Gasteiger partial charge >= 0.3 is 0 Å². The van der Waals surface area contributed by atoms with E-state index in [2.05, 4.69) is 28.9 Å². The summed E-state index contributed by atoms with van der Waals surface area (Å²) in [5.41, 5.74) is 8.14. The molecule has 1 fully saturated rings. The molecule has 1 aromatic heterocycles. The van der Waals surface area contributed by atoms with Crippen molar-refractivity contribution in [3.8, 4) is 0 Å². The lowest BCUT2D eigenvalue weighted by atomic mass is 9.83.